The molecule has 0 unspecified atom stereocenters. The Hall–Kier alpha value is -4.83. The summed E-state index contributed by atoms with van der Waals surface area (Å²) in [4.78, 5) is 12.6. The molecule has 0 N–H and O–H groups in total. The molecule has 4 nitrogen and oxygen atoms in total. The zero-order valence-corrected chi connectivity index (χ0v) is 22.4. The zero-order valence-electron chi connectivity index (χ0n) is 22.4. The van der Waals surface area contributed by atoms with Gasteiger partial charge in [0.25, 0.3) is 0 Å². The molecule has 0 aromatic heterocycles. The van der Waals surface area contributed by atoms with Crippen LogP contribution in [0.4, 0.5) is 0 Å². The predicted octanol–water partition coefficient (Wildman–Crippen LogP) is 7.89. The van der Waals surface area contributed by atoms with Gasteiger partial charge in [0.2, 0.25) is 6.79 Å². The first-order valence-corrected chi connectivity index (χ1v) is 13.5. The fourth-order valence-corrected chi connectivity index (χ4v) is 4.36. The van der Waals surface area contributed by atoms with Crippen LogP contribution in [0.25, 0.3) is 0 Å². The molecule has 5 rings (SSSR count). The Morgan fingerprint density at radius 1 is 0.425 bits per heavy atom. The number of esters is 1. The van der Waals surface area contributed by atoms with Crippen LogP contribution in [0.15, 0.2) is 133 Å². The highest BCUT2D eigenvalue weighted by molar-refractivity contribution is 5.91. The third kappa shape index (κ3) is 8.08. The van der Waals surface area contributed by atoms with Gasteiger partial charge in [-0.2, -0.15) is 0 Å². The summed E-state index contributed by atoms with van der Waals surface area (Å²) in [6.45, 7) is 0.0825. The highest BCUT2D eigenvalue weighted by Crippen LogP contribution is 2.20. The second-order valence-electron chi connectivity index (χ2n) is 9.58. The molecule has 5 aromatic carbocycles. The maximum Gasteiger partial charge on any atom is 0.343 e. The van der Waals surface area contributed by atoms with Crippen LogP contribution in [0, 0.1) is 0 Å². The summed E-state index contributed by atoms with van der Waals surface area (Å²) >= 11 is 0. The van der Waals surface area contributed by atoms with Gasteiger partial charge in [0.05, 0.1) is 5.56 Å². The minimum absolute atomic E-state index is 0.0825. The molecule has 0 spiro atoms. The van der Waals surface area contributed by atoms with Gasteiger partial charge in [-0.1, -0.05) is 84.9 Å². The molecular weight excluding hydrogens is 496 g/mol. The van der Waals surface area contributed by atoms with Gasteiger partial charge in [-0.3, -0.25) is 0 Å². The molecule has 0 saturated carbocycles. The van der Waals surface area contributed by atoms with Crippen molar-refractivity contribution < 1.29 is 19.0 Å². The first-order valence-electron chi connectivity index (χ1n) is 13.5. The molecule has 5 aromatic rings. The molecule has 0 atom stereocenters. The van der Waals surface area contributed by atoms with E-state index in [4.69, 9.17) is 14.2 Å². The number of hydrogen-bond donors (Lipinski definition) is 0. The third-order valence-corrected chi connectivity index (χ3v) is 6.69. The van der Waals surface area contributed by atoms with Crippen LogP contribution >= 0.6 is 0 Å². The summed E-state index contributed by atoms with van der Waals surface area (Å²) in [5.41, 5.74) is 5.60. The lowest BCUT2D eigenvalue weighted by Gasteiger charge is -2.10. The van der Waals surface area contributed by atoms with E-state index in [1.54, 1.807) is 24.3 Å². The second kappa shape index (κ2) is 13.8. The quantitative estimate of drug-likeness (QED) is 0.0938. The Kier molecular flexibility index (Phi) is 9.24. The van der Waals surface area contributed by atoms with Gasteiger partial charge in [0.15, 0.2) is 0 Å². The summed E-state index contributed by atoms with van der Waals surface area (Å²) in [6, 6.07) is 43.5. The molecule has 40 heavy (non-hydrogen) atoms. The van der Waals surface area contributed by atoms with E-state index in [-0.39, 0.29) is 12.8 Å². The third-order valence-electron chi connectivity index (χ3n) is 6.69. The standard InChI is InChI=1S/C36H32O4/c37-36(32-19-15-30(16-20-32)13-11-28-7-3-1-4-8-28)40-35-25-23-34(24-26-35)39-27-38-33-21-17-31(18-22-33)14-12-29-9-5-2-6-10-29/h1-10,15-26H,11-14,27H2. The highest BCUT2D eigenvalue weighted by atomic mass is 16.7. The fraction of sp³-hybridized carbons (Fsp3) is 0.139. The number of carbonyl (C=O) groups is 1. The molecule has 0 aliphatic carbocycles. The molecule has 0 aliphatic heterocycles. The van der Waals surface area contributed by atoms with E-state index in [0.29, 0.717) is 17.1 Å². The zero-order chi connectivity index (χ0) is 27.4. The predicted molar refractivity (Wildman–Crippen MR) is 158 cm³/mol. The summed E-state index contributed by atoms with van der Waals surface area (Å²) in [6.07, 6.45) is 3.88. The number of aryl methyl sites for hydroxylation is 4. The molecule has 200 valence electrons. The number of hydrogen-bond acceptors (Lipinski definition) is 4. The number of benzene rings is 5. The summed E-state index contributed by atoms with van der Waals surface area (Å²) < 4.78 is 17.0. The minimum Gasteiger partial charge on any atom is -0.458 e. The van der Waals surface area contributed by atoms with Crippen LogP contribution in [0.2, 0.25) is 0 Å². The van der Waals surface area contributed by atoms with Crippen molar-refractivity contribution in [3.63, 3.8) is 0 Å². The largest absolute Gasteiger partial charge is 0.458 e. The molecule has 4 heteroatoms. The fourth-order valence-electron chi connectivity index (χ4n) is 4.36. The van der Waals surface area contributed by atoms with Crippen LogP contribution in [-0.4, -0.2) is 12.8 Å². The van der Waals surface area contributed by atoms with E-state index in [2.05, 4.69) is 60.7 Å². The molecule has 0 heterocycles. The van der Waals surface area contributed by atoms with Gasteiger partial charge < -0.3 is 14.2 Å². The van der Waals surface area contributed by atoms with Crippen LogP contribution < -0.4 is 14.2 Å². The van der Waals surface area contributed by atoms with Crippen molar-refractivity contribution in [3.05, 3.63) is 161 Å². The smallest absolute Gasteiger partial charge is 0.343 e. The van der Waals surface area contributed by atoms with Crippen molar-refractivity contribution in [2.75, 3.05) is 6.79 Å². The minimum atomic E-state index is -0.390. The average Bonchev–Trinajstić information content (AvgIpc) is 3.02. The number of ether oxygens (including phenoxy) is 3. The lowest BCUT2D eigenvalue weighted by molar-refractivity contribution is 0.0734. The van der Waals surface area contributed by atoms with Crippen LogP contribution in [0.1, 0.15) is 32.6 Å². The molecule has 0 bridgehead atoms. The maximum absolute atomic E-state index is 12.6. The SMILES string of the molecule is O=C(Oc1ccc(OCOc2ccc(CCc3ccccc3)cc2)cc1)c1ccc(CCc2ccccc2)cc1. The van der Waals surface area contributed by atoms with E-state index >= 15 is 0 Å². The average molecular weight is 529 g/mol. The summed E-state index contributed by atoms with van der Waals surface area (Å²) in [7, 11) is 0. The van der Waals surface area contributed by atoms with Crippen molar-refractivity contribution in [3.8, 4) is 17.2 Å². The molecule has 0 saturated heterocycles. The second-order valence-corrected chi connectivity index (χ2v) is 9.58. The Balaban J connectivity index is 1.03. The number of carbonyl (C=O) groups excluding carboxylic acids is 1. The van der Waals surface area contributed by atoms with E-state index in [1.807, 2.05) is 48.5 Å². The Morgan fingerprint density at radius 3 is 1.27 bits per heavy atom. The normalized spacial score (nSPS) is 10.6. The van der Waals surface area contributed by atoms with Gasteiger partial charge in [-0.25, -0.2) is 4.79 Å². The molecule has 0 radical (unpaired) electrons. The van der Waals surface area contributed by atoms with Gasteiger partial charge >= 0.3 is 5.97 Å². The van der Waals surface area contributed by atoms with Crippen LogP contribution in [0.5, 0.6) is 17.2 Å². The first-order chi connectivity index (χ1) is 19.7. The number of rotatable bonds is 12. The van der Waals surface area contributed by atoms with Crippen molar-refractivity contribution >= 4 is 5.97 Å². The lowest BCUT2D eigenvalue weighted by Crippen LogP contribution is -2.09. The Bertz CT molecular complexity index is 1460. The lowest BCUT2D eigenvalue weighted by atomic mass is 10.0. The van der Waals surface area contributed by atoms with Crippen molar-refractivity contribution in [2.24, 2.45) is 0 Å². The van der Waals surface area contributed by atoms with Gasteiger partial charge in [-0.15, -0.1) is 0 Å². The Morgan fingerprint density at radius 2 is 0.800 bits per heavy atom. The summed E-state index contributed by atoms with van der Waals surface area (Å²) in [5.74, 6) is 1.44. The van der Waals surface area contributed by atoms with Crippen LogP contribution in [-0.2, 0) is 25.7 Å². The van der Waals surface area contributed by atoms with E-state index in [1.165, 1.54) is 22.3 Å². The molecule has 0 aliphatic rings. The first kappa shape index (κ1) is 26.8. The molecular formula is C36H32O4. The maximum atomic E-state index is 12.6. The van der Waals surface area contributed by atoms with Crippen molar-refractivity contribution in [1.29, 1.82) is 0 Å². The summed E-state index contributed by atoms with van der Waals surface area (Å²) in [5, 5.41) is 0. The van der Waals surface area contributed by atoms with Crippen LogP contribution in [0.3, 0.4) is 0 Å². The van der Waals surface area contributed by atoms with Gasteiger partial charge in [-0.05, 0) is 96.5 Å². The van der Waals surface area contributed by atoms with Crippen molar-refractivity contribution in [1.82, 2.24) is 0 Å². The molecule has 0 fully saturated rings. The molecule has 0 amide bonds. The highest BCUT2D eigenvalue weighted by Gasteiger charge is 2.09. The topological polar surface area (TPSA) is 44.8 Å². The van der Waals surface area contributed by atoms with Gasteiger partial charge in [0, 0.05) is 0 Å². The van der Waals surface area contributed by atoms with Crippen molar-refractivity contribution in [2.45, 2.75) is 25.7 Å². The van der Waals surface area contributed by atoms with E-state index in [0.717, 1.165) is 31.4 Å². The Labute approximate surface area is 235 Å². The van der Waals surface area contributed by atoms with Gasteiger partial charge in [0.1, 0.15) is 17.2 Å². The monoisotopic (exact) mass is 528 g/mol. The van der Waals surface area contributed by atoms with E-state index < -0.39 is 0 Å². The van der Waals surface area contributed by atoms with E-state index in [9.17, 15) is 4.79 Å².